The lowest BCUT2D eigenvalue weighted by atomic mass is 9.90. The highest BCUT2D eigenvalue weighted by Crippen LogP contribution is 2.49. The maximum atomic E-state index is 2.52. The summed E-state index contributed by atoms with van der Waals surface area (Å²) < 4.78 is 4.94. The molecule has 0 N–H and O–H groups in total. The highest BCUT2D eigenvalue weighted by molar-refractivity contribution is 6.26. The average molecular weight is 659 g/mol. The highest BCUT2D eigenvalue weighted by atomic mass is 15.0. The van der Waals surface area contributed by atoms with E-state index in [2.05, 4.69) is 191 Å². The number of aromatic nitrogens is 2. The molecular formula is C50H30N2. The summed E-state index contributed by atoms with van der Waals surface area (Å²) >= 11 is 0. The van der Waals surface area contributed by atoms with Crippen molar-refractivity contribution in [3.63, 3.8) is 0 Å². The van der Waals surface area contributed by atoms with Crippen molar-refractivity contribution in [2.45, 2.75) is 0 Å². The van der Waals surface area contributed by atoms with Gasteiger partial charge in [0.1, 0.15) is 0 Å². The minimum atomic E-state index is 1.17. The Morgan fingerprint density at radius 2 is 0.865 bits per heavy atom. The van der Waals surface area contributed by atoms with E-state index in [1.165, 1.54) is 110 Å². The molecule has 0 fully saturated rings. The number of para-hydroxylation sites is 2. The van der Waals surface area contributed by atoms with Crippen molar-refractivity contribution in [1.82, 2.24) is 9.13 Å². The van der Waals surface area contributed by atoms with Crippen LogP contribution in [0.4, 0.5) is 0 Å². The monoisotopic (exact) mass is 658 g/mol. The van der Waals surface area contributed by atoms with Crippen LogP contribution in [-0.4, -0.2) is 9.13 Å². The lowest BCUT2D eigenvalue weighted by Crippen LogP contribution is -1.95. The number of nitrogens with zero attached hydrogens (tertiary/aromatic N) is 2. The molecule has 9 aromatic carbocycles. The molecule has 240 valence electrons. The predicted octanol–water partition coefficient (Wildman–Crippen LogP) is 13.5. The van der Waals surface area contributed by atoms with E-state index >= 15 is 0 Å². The Hall–Kier alpha value is -6.90. The van der Waals surface area contributed by atoms with Crippen molar-refractivity contribution in [2.75, 3.05) is 0 Å². The molecule has 1 aliphatic rings. The van der Waals surface area contributed by atoms with Crippen molar-refractivity contribution in [3.8, 4) is 44.8 Å². The van der Waals surface area contributed by atoms with Gasteiger partial charge in [-0.2, -0.15) is 0 Å². The molecule has 11 aromatic rings. The quantitative estimate of drug-likeness (QED) is 0.175. The Kier molecular flexibility index (Phi) is 5.53. The van der Waals surface area contributed by atoms with Gasteiger partial charge in [-0.05, 0) is 98.4 Å². The molecule has 0 aliphatic carbocycles. The summed E-state index contributed by atoms with van der Waals surface area (Å²) in [4.78, 5) is 0. The lowest BCUT2D eigenvalue weighted by molar-refractivity contribution is 1.18. The van der Waals surface area contributed by atoms with Gasteiger partial charge >= 0.3 is 0 Å². The van der Waals surface area contributed by atoms with Gasteiger partial charge in [0.25, 0.3) is 0 Å². The Morgan fingerprint density at radius 1 is 0.308 bits per heavy atom. The van der Waals surface area contributed by atoms with E-state index in [4.69, 9.17) is 0 Å². The van der Waals surface area contributed by atoms with Gasteiger partial charge in [-0.3, -0.25) is 0 Å². The van der Waals surface area contributed by atoms with Crippen molar-refractivity contribution in [3.05, 3.63) is 182 Å². The van der Waals surface area contributed by atoms with Gasteiger partial charge in [0, 0.05) is 38.4 Å². The molecular weight excluding hydrogens is 629 g/mol. The summed E-state index contributed by atoms with van der Waals surface area (Å²) in [5.41, 5.74) is 14.8. The van der Waals surface area contributed by atoms with E-state index in [0.29, 0.717) is 0 Å². The first-order valence-corrected chi connectivity index (χ1v) is 18.0. The van der Waals surface area contributed by atoms with Crippen LogP contribution in [0.1, 0.15) is 0 Å². The second kappa shape index (κ2) is 10.3. The van der Waals surface area contributed by atoms with Crippen LogP contribution in [0.2, 0.25) is 0 Å². The van der Waals surface area contributed by atoms with Gasteiger partial charge in [-0.1, -0.05) is 127 Å². The van der Waals surface area contributed by atoms with Gasteiger partial charge < -0.3 is 9.13 Å². The minimum absolute atomic E-state index is 1.17. The molecule has 3 heterocycles. The summed E-state index contributed by atoms with van der Waals surface area (Å²) in [6, 6.07) is 67.4. The molecule has 2 aromatic heterocycles. The van der Waals surface area contributed by atoms with E-state index in [1.807, 2.05) is 0 Å². The van der Waals surface area contributed by atoms with Crippen molar-refractivity contribution in [2.24, 2.45) is 0 Å². The molecule has 1 aliphatic heterocycles. The fourth-order valence-electron chi connectivity index (χ4n) is 9.21. The van der Waals surface area contributed by atoms with E-state index in [-0.39, 0.29) is 0 Å². The molecule has 0 saturated carbocycles. The van der Waals surface area contributed by atoms with Crippen LogP contribution >= 0.6 is 0 Å². The molecule has 0 bridgehead atoms. The Bertz CT molecular complexity index is 3290. The average Bonchev–Trinajstić information content (AvgIpc) is 3.70. The van der Waals surface area contributed by atoms with Crippen LogP contribution in [0.3, 0.4) is 0 Å². The lowest BCUT2D eigenvalue weighted by Gasteiger charge is -2.12. The van der Waals surface area contributed by atoms with Crippen LogP contribution < -0.4 is 0 Å². The first-order chi connectivity index (χ1) is 25.8. The third-order valence-corrected chi connectivity index (χ3v) is 11.4. The number of hydrogen-bond donors (Lipinski definition) is 0. The van der Waals surface area contributed by atoms with Gasteiger partial charge in [-0.25, -0.2) is 0 Å². The van der Waals surface area contributed by atoms with Crippen LogP contribution in [0.25, 0.3) is 110 Å². The number of benzene rings is 9. The predicted molar refractivity (Wildman–Crippen MR) is 220 cm³/mol. The van der Waals surface area contributed by atoms with Crippen molar-refractivity contribution in [1.29, 1.82) is 0 Å². The SMILES string of the molecule is c1ccc(-n2c3ccc(-c4cc5c6c(c4)c4c7ccccc7ccc4n6-c4ccccc4-c4ccccc4-5)cc3c3c4ccccc4ccc32)cc1. The Morgan fingerprint density at radius 3 is 1.62 bits per heavy atom. The van der Waals surface area contributed by atoms with Crippen LogP contribution in [-0.2, 0) is 0 Å². The minimum Gasteiger partial charge on any atom is -0.309 e. The third-order valence-electron chi connectivity index (χ3n) is 11.4. The normalized spacial score (nSPS) is 12.2. The molecule has 0 radical (unpaired) electrons. The maximum Gasteiger partial charge on any atom is 0.0620 e. The highest BCUT2D eigenvalue weighted by Gasteiger charge is 2.26. The third kappa shape index (κ3) is 3.68. The van der Waals surface area contributed by atoms with E-state index in [1.54, 1.807) is 0 Å². The van der Waals surface area contributed by atoms with Gasteiger partial charge in [0.2, 0.25) is 0 Å². The maximum absolute atomic E-state index is 2.52. The van der Waals surface area contributed by atoms with E-state index < -0.39 is 0 Å². The Labute approximate surface area is 300 Å². The number of rotatable bonds is 2. The van der Waals surface area contributed by atoms with Gasteiger partial charge in [-0.15, -0.1) is 0 Å². The molecule has 0 saturated heterocycles. The van der Waals surface area contributed by atoms with Crippen molar-refractivity contribution >= 4 is 65.2 Å². The molecule has 0 atom stereocenters. The van der Waals surface area contributed by atoms with Gasteiger partial charge in [0.15, 0.2) is 0 Å². The molecule has 2 heteroatoms. The van der Waals surface area contributed by atoms with E-state index in [9.17, 15) is 0 Å². The van der Waals surface area contributed by atoms with Crippen molar-refractivity contribution < 1.29 is 0 Å². The molecule has 0 unspecified atom stereocenters. The molecule has 0 amide bonds. The molecule has 12 rings (SSSR count). The van der Waals surface area contributed by atoms with Crippen LogP contribution in [0, 0.1) is 0 Å². The van der Waals surface area contributed by atoms with E-state index in [0.717, 1.165) is 0 Å². The fourth-order valence-corrected chi connectivity index (χ4v) is 9.21. The summed E-state index contributed by atoms with van der Waals surface area (Å²) in [5.74, 6) is 0. The number of fused-ring (bicyclic) bond motifs is 15. The topological polar surface area (TPSA) is 9.86 Å². The largest absolute Gasteiger partial charge is 0.309 e. The molecule has 0 spiro atoms. The Balaban J connectivity index is 1.23. The summed E-state index contributed by atoms with van der Waals surface area (Å²) in [5, 5.41) is 10.2. The molecule has 2 nitrogen and oxygen atoms in total. The standard InChI is InChI=1S/C50H30N2/c1-2-14-35(15-3-1)51-45-25-24-33(28-42(45)48-36-16-6-4-12-31(36)22-26-46(48)51)34-29-41-39-19-9-8-18-38(39)40-20-10-11-21-44(40)52-47-27-23-32-13-5-7-17-37(32)49(47)43(30-34)50(41)52/h1-30H. The first kappa shape index (κ1) is 27.9. The summed E-state index contributed by atoms with van der Waals surface area (Å²) in [6.07, 6.45) is 0. The molecule has 52 heavy (non-hydrogen) atoms. The second-order valence-electron chi connectivity index (χ2n) is 14.1. The zero-order valence-electron chi connectivity index (χ0n) is 28.2. The second-order valence-corrected chi connectivity index (χ2v) is 14.1. The van der Waals surface area contributed by atoms with Gasteiger partial charge in [0.05, 0.1) is 27.8 Å². The zero-order valence-corrected chi connectivity index (χ0v) is 28.2. The van der Waals surface area contributed by atoms with Crippen LogP contribution in [0.5, 0.6) is 0 Å². The number of hydrogen-bond acceptors (Lipinski definition) is 0. The summed E-state index contributed by atoms with van der Waals surface area (Å²) in [6.45, 7) is 0. The first-order valence-electron chi connectivity index (χ1n) is 18.0. The summed E-state index contributed by atoms with van der Waals surface area (Å²) in [7, 11) is 0. The fraction of sp³-hybridized carbons (Fsp3) is 0. The van der Waals surface area contributed by atoms with Crippen LogP contribution in [0.15, 0.2) is 182 Å². The zero-order chi connectivity index (χ0) is 33.9. The smallest absolute Gasteiger partial charge is 0.0620 e.